The number of hydrogen-bond donors (Lipinski definition) is 2. The number of aliphatic hydroxyl groups is 1. The van der Waals surface area contributed by atoms with Gasteiger partial charge in [0.15, 0.2) is 11.4 Å². The molecule has 4 unspecified atom stereocenters. The van der Waals surface area contributed by atoms with Crippen LogP contribution in [-0.4, -0.2) is 40.8 Å². The topological polar surface area (TPSA) is 69.6 Å². The highest BCUT2D eigenvalue weighted by molar-refractivity contribution is 6.05. The SMILES string of the molecule is CC(C(=O)NC1C2CN(Cc3ccccc3)CC21)C(=O)C(O)(c1ccccc1)C1CCCCC1. The van der Waals surface area contributed by atoms with Gasteiger partial charge in [-0.05, 0) is 48.6 Å². The van der Waals surface area contributed by atoms with E-state index in [1.165, 1.54) is 5.56 Å². The third-order valence-electron chi connectivity index (χ3n) is 8.40. The van der Waals surface area contributed by atoms with Crippen molar-refractivity contribution in [3.63, 3.8) is 0 Å². The monoisotopic (exact) mass is 460 g/mol. The number of rotatable bonds is 8. The molecule has 0 spiro atoms. The minimum absolute atomic E-state index is 0.141. The molecule has 4 atom stereocenters. The summed E-state index contributed by atoms with van der Waals surface area (Å²) < 4.78 is 0. The summed E-state index contributed by atoms with van der Waals surface area (Å²) in [5.74, 6) is -0.710. The second-order valence-electron chi connectivity index (χ2n) is 10.6. The molecular weight excluding hydrogens is 424 g/mol. The maximum atomic E-state index is 13.7. The molecule has 0 aromatic heterocycles. The van der Waals surface area contributed by atoms with Crippen LogP contribution in [0.1, 0.15) is 50.2 Å². The van der Waals surface area contributed by atoms with E-state index in [4.69, 9.17) is 0 Å². The van der Waals surface area contributed by atoms with Gasteiger partial charge in [-0.25, -0.2) is 0 Å². The lowest BCUT2D eigenvalue weighted by Crippen LogP contribution is -2.50. The van der Waals surface area contributed by atoms with Gasteiger partial charge in [0, 0.05) is 25.7 Å². The standard InChI is InChI=1S/C29H36N2O3/c1-20(27(32)29(34,22-13-7-3-8-14-22)23-15-9-4-10-16-23)28(33)30-26-24-18-31(19-25(24)26)17-21-11-5-2-6-12-21/h2-3,5-8,11-14,20,23-26,34H,4,9-10,15-19H2,1H3,(H,30,33). The minimum atomic E-state index is -1.61. The van der Waals surface area contributed by atoms with E-state index in [2.05, 4.69) is 34.5 Å². The normalized spacial score (nSPS) is 27.4. The molecule has 5 rings (SSSR count). The number of nitrogens with one attached hydrogen (secondary N) is 1. The van der Waals surface area contributed by atoms with E-state index in [9.17, 15) is 14.7 Å². The van der Waals surface area contributed by atoms with Gasteiger partial charge < -0.3 is 10.4 Å². The molecule has 1 heterocycles. The van der Waals surface area contributed by atoms with Crippen molar-refractivity contribution in [3.8, 4) is 0 Å². The summed E-state index contributed by atoms with van der Waals surface area (Å²) in [6.45, 7) is 4.55. The van der Waals surface area contributed by atoms with Crippen LogP contribution < -0.4 is 5.32 Å². The summed E-state index contributed by atoms with van der Waals surface area (Å²) in [6.07, 6.45) is 4.79. The lowest BCUT2D eigenvalue weighted by Gasteiger charge is -2.39. The Labute approximate surface area is 202 Å². The van der Waals surface area contributed by atoms with E-state index in [-0.39, 0.29) is 23.7 Å². The molecule has 2 aromatic rings. The summed E-state index contributed by atoms with van der Waals surface area (Å²) in [5.41, 5.74) is 0.322. The van der Waals surface area contributed by atoms with Crippen molar-refractivity contribution in [2.75, 3.05) is 13.1 Å². The zero-order valence-corrected chi connectivity index (χ0v) is 20.0. The first-order chi connectivity index (χ1) is 16.5. The fraction of sp³-hybridized carbons (Fsp3) is 0.517. The Morgan fingerprint density at radius 3 is 2.18 bits per heavy atom. The summed E-state index contributed by atoms with van der Waals surface area (Å²) >= 11 is 0. The Balaban J connectivity index is 1.21. The smallest absolute Gasteiger partial charge is 0.230 e. The molecule has 3 fully saturated rings. The number of hydrogen-bond acceptors (Lipinski definition) is 4. The van der Waals surface area contributed by atoms with Crippen molar-refractivity contribution in [2.24, 2.45) is 23.7 Å². The second kappa shape index (κ2) is 9.63. The van der Waals surface area contributed by atoms with Gasteiger partial charge in [-0.1, -0.05) is 79.9 Å². The number of likely N-dealkylation sites (tertiary alicyclic amines) is 1. The average Bonchev–Trinajstić information content (AvgIpc) is 3.32. The fourth-order valence-corrected chi connectivity index (χ4v) is 6.33. The number of piperidine rings is 1. The van der Waals surface area contributed by atoms with E-state index in [0.717, 1.165) is 51.7 Å². The first-order valence-corrected chi connectivity index (χ1v) is 12.9. The molecule has 2 aliphatic carbocycles. The number of carbonyl (C=O) groups excluding carboxylic acids is 2. The van der Waals surface area contributed by atoms with Crippen LogP contribution in [0.5, 0.6) is 0 Å². The Kier molecular flexibility index (Phi) is 6.59. The lowest BCUT2D eigenvalue weighted by molar-refractivity contribution is -0.154. The molecule has 1 aliphatic heterocycles. The van der Waals surface area contributed by atoms with E-state index >= 15 is 0 Å². The van der Waals surface area contributed by atoms with Crippen molar-refractivity contribution < 1.29 is 14.7 Å². The number of benzene rings is 2. The molecule has 2 saturated carbocycles. The molecule has 3 aliphatic rings. The number of fused-ring (bicyclic) bond motifs is 1. The molecule has 5 nitrogen and oxygen atoms in total. The van der Waals surface area contributed by atoms with E-state index in [0.29, 0.717) is 17.4 Å². The third-order valence-corrected chi connectivity index (χ3v) is 8.40. The van der Waals surface area contributed by atoms with Gasteiger partial charge in [0.2, 0.25) is 5.91 Å². The Morgan fingerprint density at radius 2 is 1.56 bits per heavy atom. The first-order valence-electron chi connectivity index (χ1n) is 12.9. The summed E-state index contributed by atoms with van der Waals surface area (Å²) in [6, 6.07) is 19.9. The summed E-state index contributed by atoms with van der Waals surface area (Å²) in [4.78, 5) is 29.3. The van der Waals surface area contributed by atoms with Crippen LogP contribution in [0.2, 0.25) is 0 Å². The van der Waals surface area contributed by atoms with Crippen molar-refractivity contribution in [3.05, 3.63) is 71.8 Å². The van der Waals surface area contributed by atoms with Crippen molar-refractivity contribution in [1.82, 2.24) is 10.2 Å². The molecule has 0 bridgehead atoms. The van der Waals surface area contributed by atoms with Gasteiger partial charge in [-0.2, -0.15) is 0 Å². The van der Waals surface area contributed by atoms with Crippen molar-refractivity contribution in [2.45, 2.75) is 57.2 Å². The van der Waals surface area contributed by atoms with Crippen LogP contribution >= 0.6 is 0 Å². The zero-order chi connectivity index (χ0) is 23.7. The van der Waals surface area contributed by atoms with Crippen LogP contribution in [0.25, 0.3) is 0 Å². The van der Waals surface area contributed by atoms with Crippen LogP contribution in [0.3, 0.4) is 0 Å². The second-order valence-corrected chi connectivity index (χ2v) is 10.6. The first kappa shape index (κ1) is 23.3. The number of nitrogens with zero attached hydrogens (tertiary/aromatic N) is 1. The highest BCUT2D eigenvalue weighted by atomic mass is 16.3. The number of ketones is 1. The maximum Gasteiger partial charge on any atom is 0.230 e. The minimum Gasteiger partial charge on any atom is -0.377 e. The number of Topliss-reactive ketones (excluding diaryl/α,β-unsaturated/α-hetero) is 1. The third kappa shape index (κ3) is 4.44. The van der Waals surface area contributed by atoms with Gasteiger partial charge in [0.25, 0.3) is 0 Å². The van der Waals surface area contributed by atoms with Crippen LogP contribution in [-0.2, 0) is 21.7 Å². The van der Waals surface area contributed by atoms with Crippen molar-refractivity contribution in [1.29, 1.82) is 0 Å². The van der Waals surface area contributed by atoms with Gasteiger partial charge in [-0.15, -0.1) is 0 Å². The summed E-state index contributed by atoms with van der Waals surface area (Å²) in [5, 5.41) is 15.0. The number of carbonyl (C=O) groups is 2. The molecule has 1 saturated heterocycles. The largest absolute Gasteiger partial charge is 0.377 e. The molecule has 2 aromatic carbocycles. The van der Waals surface area contributed by atoms with Crippen molar-refractivity contribution >= 4 is 11.7 Å². The van der Waals surface area contributed by atoms with Crippen LogP contribution in [0, 0.1) is 23.7 Å². The van der Waals surface area contributed by atoms with E-state index < -0.39 is 11.5 Å². The predicted octanol–water partition coefficient (Wildman–Crippen LogP) is 3.91. The molecule has 2 N–H and O–H groups in total. The Bertz CT molecular complexity index is 993. The van der Waals surface area contributed by atoms with Crippen LogP contribution in [0.4, 0.5) is 0 Å². The van der Waals surface area contributed by atoms with Crippen LogP contribution in [0.15, 0.2) is 60.7 Å². The van der Waals surface area contributed by atoms with Gasteiger partial charge in [0.05, 0.1) is 5.92 Å². The fourth-order valence-electron chi connectivity index (χ4n) is 6.33. The van der Waals surface area contributed by atoms with Gasteiger partial charge in [-0.3, -0.25) is 14.5 Å². The summed E-state index contributed by atoms with van der Waals surface area (Å²) in [7, 11) is 0. The highest BCUT2D eigenvalue weighted by Crippen LogP contribution is 2.46. The molecule has 34 heavy (non-hydrogen) atoms. The van der Waals surface area contributed by atoms with E-state index in [1.807, 2.05) is 36.4 Å². The number of amides is 1. The van der Waals surface area contributed by atoms with Gasteiger partial charge in [0.1, 0.15) is 0 Å². The lowest BCUT2D eigenvalue weighted by atomic mass is 9.69. The van der Waals surface area contributed by atoms with E-state index in [1.54, 1.807) is 6.92 Å². The van der Waals surface area contributed by atoms with Gasteiger partial charge >= 0.3 is 0 Å². The maximum absolute atomic E-state index is 13.7. The Hall–Kier alpha value is -2.50. The zero-order valence-electron chi connectivity index (χ0n) is 20.0. The molecular formula is C29H36N2O3. The molecule has 5 heteroatoms. The molecule has 180 valence electrons. The highest BCUT2D eigenvalue weighted by Gasteiger charge is 2.57. The predicted molar refractivity (Wildman–Crippen MR) is 132 cm³/mol. The average molecular weight is 461 g/mol. The quantitative estimate of drug-likeness (QED) is 0.586. The molecule has 0 radical (unpaired) electrons. The Morgan fingerprint density at radius 1 is 0.971 bits per heavy atom. The molecule has 1 amide bonds.